The lowest BCUT2D eigenvalue weighted by Gasteiger charge is -2.18. The fourth-order valence-electron chi connectivity index (χ4n) is 3.58. The van der Waals surface area contributed by atoms with Crippen LogP contribution < -0.4 is 10.6 Å². The standard InChI is InChI=1S/C22H30N4O2/c1-5-15(4)23-22(28)20-25-19(18-12-8-9-13-26(18)20)21(27)24-17-11-7-6-10-16(17)14(2)3/h6-7,10-11,14-15H,5,8-9,12-13H2,1-4H3,(H,23,28)(H,24,27). The van der Waals surface area contributed by atoms with E-state index in [1.54, 1.807) is 0 Å². The van der Waals surface area contributed by atoms with Crippen molar-refractivity contribution >= 4 is 17.5 Å². The summed E-state index contributed by atoms with van der Waals surface area (Å²) in [5.41, 5.74) is 3.11. The Morgan fingerprint density at radius 2 is 1.89 bits per heavy atom. The molecule has 1 aliphatic rings. The van der Waals surface area contributed by atoms with Crippen LogP contribution in [0.4, 0.5) is 5.69 Å². The number of nitrogens with one attached hydrogen (secondary N) is 2. The molecule has 2 amide bonds. The zero-order chi connectivity index (χ0) is 20.3. The number of benzene rings is 1. The molecule has 0 saturated carbocycles. The zero-order valence-electron chi connectivity index (χ0n) is 17.2. The molecule has 150 valence electrons. The third-order valence-corrected chi connectivity index (χ3v) is 5.36. The van der Waals surface area contributed by atoms with Gasteiger partial charge in [0.05, 0.1) is 5.69 Å². The summed E-state index contributed by atoms with van der Waals surface area (Å²) in [4.78, 5) is 30.2. The Kier molecular flexibility index (Phi) is 6.17. The second kappa shape index (κ2) is 8.59. The molecule has 1 unspecified atom stereocenters. The van der Waals surface area contributed by atoms with Gasteiger partial charge in [-0.3, -0.25) is 9.59 Å². The fraction of sp³-hybridized carbons (Fsp3) is 0.500. The van der Waals surface area contributed by atoms with Crippen LogP contribution in [-0.4, -0.2) is 27.4 Å². The Balaban J connectivity index is 1.92. The van der Waals surface area contributed by atoms with Crippen molar-refractivity contribution in [1.29, 1.82) is 0 Å². The summed E-state index contributed by atoms with van der Waals surface area (Å²) in [6, 6.07) is 7.88. The maximum Gasteiger partial charge on any atom is 0.287 e. The third-order valence-electron chi connectivity index (χ3n) is 5.36. The minimum absolute atomic E-state index is 0.0687. The number of hydrogen-bond donors (Lipinski definition) is 2. The molecule has 0 bridgehead atoms. The summed E-state index contributed by atoms with van der Waals surface area (Å²) >= 11 is 0. The molecule has 0 spiro atoms. The first-order valence-electron chi connectivity index (χ1n) is 10.2. The summed E-state index contributed by atoms with van der Waals surface area (Å²) in [5, 5.41) is 5.98. The van der Waals surface area contributed by atoms with Crippen molar-refractivity contribution in [2.24, 2.45) is 0 Å². The van der Waals surface area contributed by atoms with Crippen molar-refractivity contribution < 1.29 is 9.59 Å². The number of hydrogen-bond acceptors (Lipinski definition) is 3. The van der Waals surface area contributed by atoms with Gasteiger partial charge in [-0.1, -0.05) is 39.0 Å². The number of para-hydroxylation sites is 1. The van der Waals surface area contributed by atoms with Gasteiger partial charge < -0.3 is 15.2 Å². The molecule has 2 N–H and O–H groups in total. The van der Waals surface area contributed by atoms with Crippen LogP contribution in [0.2, 0.25) is 0 Å². The number of nitrogens with zero attached hydrogens (tertiary/aromatic N) is 2. The Morgan fingerprint density at radius 1 is 1.14 bits per heavy atom. The smallest absolute Gasteiger partial charge is 0.287 e. The van der Waals surface area contributed by atoms with E-state index in [9.17, 15) is 9.59 Å². The quantitative estimate of drug-likeness (QED) is 0.789. The van der Waals surface area contributed by atoms with Crippen molar-refractivity contribution in [2.45, 2.75) is 71.9 Å². The highest BCUT2D eigenvalue weighted by atomic mass is 16.2. The lowest BCUT2D eigenvalue weighted by atomic mass is 10.0. The maximum absolute atomic E-state index is 13.1. The lowest BCUT2D eigenvalue weighted by Crippen LogP contribution is -2.34. The number of fused-ring (bicyclic) bond motifs is 1. The second-order valence-electron chi connectivity index (χ2n) is 7.82. The molecule has 1 aliphatic heterocycles. The number of aromatic nitrogens is 2. The van der Waals surface area contributed by atoms with Gasteiger partial charge in [-0.05, 0) is 50.2 Å². The fourth-order valence-corrected chi connectivity index (χ4v) is 3.58. The minimum atomic E-state index is -0.249. The van der Waals surface area contributed by atoms with Gasteiger partial charge in [0.2, 0.25) is 0 Å². The second-order valence-corrected chi connectivity index (χ2v) is 7.82. The van der Waals surface area contributed by atoms with Crippen molar-refractivity contribution in [2.75, 3.05) is 5.32 Å². The molecule has 2 heterocycles. The van der Waals surface area contributed by atoms with Crippen LogP contribution in [-0.2, 0) is 13.0 Å². The van der Waals surface area contributed by atoms with Crippen LogP contribution in [0, 0.1) is 0 Å². The first-order chi connectivity index (χ1) is 13.4. The molecule has 3 rings (SSSR count). The molecule has 2 aromatic rings. The van der Waals surface area contributed by atoms with E-state index < -0.39 is 0 Å². The van der Waals surface area contributed by atoms with Crippen molar-refractivity contribution in [3.8, 4) is 0 Å². The van der Waals surface area contributed by atoms with Crippen LogP contribution in [0.25, 0.3) is 0 Å². The van der Waals surface area contributed by atoms with Gasteiger partial charge in [-0.2, -0.15) is 0 Å². The highest BCUT2D eigenvalue weighted by Crippen LogP contribution is 2.26. The monoisotopic (exact) mass is 382 g/mol. The van der Waals surface area contributed by atoms with E-state index in [1.165, 1.54) is 0 Å². The number of carbonyl (C=O) groups is 2. The van der Waals surface area contributed by atoms with E-state index in [2.05, 4.69) is 29.5 Å². The topological polar surface area (TPSA) is 76.0 Å². The maximum atomic E-state index is 13.1. The molecule has 0 saturated heterocycles. The van der Waals surface area contributed by atoms with Crippen LogP contribution in [0.3, 0.4) is 0 Å². The van der Waals surface area contributed by atoms with Crippen LogP contribution >= 0.6 is 0 Å². The predicted octanol–water partition coefficient (Wildman–Crippen LogP) is 4.12. The summed E-state index contributed by atoms with van der Waals surface area (Å²) in [6.07, 6.45) is 3.60. The number of amides is 2. The van der Waals surface area contributed by atoms with Gasteiger partial charge in [0.25, 0.3) is 11.8 Å². The number of carbonyl (C=O) groups excluding carboxylic acids is 2. The zero-order valence-corrected chi connectivity index (χ0v) is 17.2. The molecule has 0 radical (unpaired) electrons. The van der Waals surface area contributed by atoms with Crippen LogP contribution in [0.1, 0.15) is 85.2 Å². The molecule has 1 aromatic heterocycles. The van der Waals surface area contributed by atoms with Gasteiger partial charge >= 0.3 is 0 Å². The van der Waals surface area contributed by atoms with E-state index in [-0.39, 0.29) is 17.9 Å². The SMILES string of the molecule is CCC(C)NC(=O)c1nc(C(=O)Nc2ccccc2C(C)C)c2n1CCCC2. The van der Waals surface area contributed by atoms with Crippen molar-refractivity contribution in [3.05, 3.63) is 47.0 Å². The van der Waals surface area contributed by atoms with E-state index in [1.807, 2.05) is 42.7 Å². The van der Waals surface area contributed by atoms with Crippen molar-refractivity contribution in [1.82, 2.24) is 14.9 Å². The largest absolute Gasteiger partial charge is 0.347 e. The average Bonchev–Trinajstić information content (AvgIpc) is 3.08. The summed E-state index contributed by atoms with van der Waals surface area (Å²) < 4.78 is 1.92. The van der Waals surface area contributed by atoms with E-state index in [0.29, 0.717) is 17.4 Å². The Morgan fingerprint density at radius 3 is 2.61 bits per heavy atom. The number of imidazole rings is 1. The molecule has 0 aliphatic carbocycles. The number of anilines is 1. The van der Waals surface area contributed by atoms with Gasteiger partial charge in [0, 0.05) is 18.3 Å². The molecule has 6 heteroatoms. The van der Waals surface area contributed by atoms with Crippen molar-refractivity contribution in [3.63, 3.8) is 0 Å². The first kappa shape index (κ1) is 20.1. The van der Waals surface area contributed by atoms with Crippen LogP contribution in [0.15, 0.2) is 24.3 Å². The van der Waals surface area contributed by atoms with E-state index >= 15 is 0 Å². The molecular formula is C22H30N4O2. The molecule has 1 aromatic carbocycles. The van der Waals surface area contributed by atoms with Crippen LogP contribution in [0.5, 0.6) is 0 Å². The molecule has 28 heavy (non-hydrogen) atoms. The van der Waals surface area contributed by atoms with Gasteiger partial charge in [-0.15, -0.1) is 0 Å². The van der Waals surface area contributed by atoms with Gasteiger partial charge in [0.1, 0.15) is 0 Å². The lowest BCUT2D eigenvalue weighted by molar-refractivity contribution is 0.0923. The molecule has 0 fully saturated rings. The molecule has 6 nitrogen and oxygen atoms in total. The van der Waals surface area contributed by atoms with Gasteiger partial charge in [-0.25, -0.2) is 4.98 Å². The first-order valence-corrected chi connectivity index (χ1v) is 10.2. The highest BCUT2D eigenvalue weighted by molar-refractivity contribution is 6.05. The normalized spacial score (nSPS) is 14.5. The summed E-state index contributed by atoms with van der Waals surface area (Å²) in [7, 11) is 0. The number of rotatable bonds is 6. The highest BCUT2D eigenvalue weighted by Gasteiger charge is 2.28. The molecular weight excluding hydrogens is 352 g/mol. The minimum Gasteiger partial charge on any atom is -0.347 e. The van der Waals surface area contributed by atoms with E-state index in [0.717, 1.165) is 49.2 Å². The average molecular weight is 383 g/mol. The Labute approximate surface area is 166 Å². The van der Waals surface area contributed by atoms with E-state index in [4.69, 9.17) is 0 Å². The third kappa shape index (κ3) is 4.11. The summed E-state index contributed by atoms with van der Waals surface area (Å²) in [6.45, 7) is 8.91. The van der Waals surface area contributed by atoms with Gasteiger partial charge in [0.15, 0.2) is 11.5 Å². The Bertz CT molecular complexity index is 869. The predicted molar refractivity (Wildman–Crippen MR) is 111 cm³/mol. The Hall–Kier alpha value is -2.63. The molecule has 1 atom stereocenters. The summed E-state index contributed by atoms with van der Waals surface area (Å²) in [5.74, 6) is 0.182.